The predicted octanol–water partition coefficient (Wildman–Crippen LogP) is 4.79. The van der Waals surface area contributed by atoms with Gasteiger partial charge in [-0.2, -0.15) is 15.0 Å². The summed E-state index contributed by atoms with van der Waals surface area (Å²) in [5.41, 5.74) is 3.78. The molecule has 3 aromatic carbocycles. The fourth-order valence-corrected chi connectivity index (χ4v) is 3.72. The molecule has 6 heteroatoms. The summed E-state index contributed by atoms with van der Waals surface area (Å²) in [4.78, 5) is 25.9. The van der Waals surface area contributed by atoms with Crippen LogP contribution in [-0.4, -0.2) is 21.6 Å². The first kappa shape index (κ1) is 21.0. The predicted molar refractivity (Wildman–Crippen MR) is 122 cm³/mol. The third-order valence-electron chi connectivity index (χ3n) is 5.50. The van der Waals surface area contributed by atoms with E-state index in [4.69, 9.17) is 5.26 Å². The molecular weight excluding hydrogens is 400 g/mol. The fraction of sp³-hybridized carbons (Fsp3) is 0.154. The first-order valence-corrected chi connectivity index (χ1v) is 10.4. The Morgan fingerprint density at radius 2 is 1.72 bits per heavy atom. The number of carbonyl (C=O) groups excluding carboxylic acids is 2. The molecule has 6 nitrogen and oxygen atoms in total. The summed E-state index contributed by atoms with van der Waals surface area (Å²) in [5.74, 6) is -0.465. The first-order chi connectivity index (χ1) is 15.5. The highest BCUT2D eigenvalue weighted by atomic mass is 16.2. The van der Waals surface area contributed by atoms with E-state index >= 15 is 0 Å². The van der Waals surface area contributed by atoms with Crippen molar-refractivity contribution in [1.82, 2.24) is 15.1 Å². The average Bonchev–Trinajstić information content (AvgIpc) is 3.18. The molecule has 1 atom stereocenters. The van der Waals surface area contributed by atoms with Gasteiger partial charge in [0.2, 0.25) is 0 Å². The highest BCUT2D eigenvalue weighted by Crippen LogP contribution is 2.23. The van der Waals surface area contributed by atoms with Gasteiger partial charge in [0.25, 0.3) is 11.8 Å². The van der Waals surface area contributed by atoms with Crippen molar-refractivity contribution >= 4 is 22.7 Å². The maximum absolute atomic E-state index is 13.0. The minimum atomic E-state index is -0.292. The van der Waals surface area contributed by atoms with Gasteiger partial charge in [-0.25, -0.2) is 0 Å². The highest BCUT2D eigenvalue weighted by molar-refractivity contribution is 6.04. The van der Waals surface area contributed by atoms with Gasteiger partial charge in [0.15, 0.2) is 0 Å². The largest absolute Gasteiger partial charge is 0.345 e. The summed E-state index contributed by atoms with van der Waals surface area (Å²) in [6.45, 7) is 3.84. The van der Waals surface area contributed by atoms with Gasteiger partial charge >= 0.3 is 0 Å². The van der Waals surface area contributed by atoms with Crippen LogP contribution in [0.2, 0.25) is 0 Å². The maximum Gasteiger partial charge on any atom is 0.278 e. The quantitative estimate of drug-likeness (QED) is 0.501. The minimum Gasteiger partial charge on any atom is -0.345 e. The Morgan fingerprint density at radius 1 is 1.03 bits per heavy atom. The van der Waals surface area contributed by atoms with E-state index in [-0.39, 0.29) is 17.9 Å². The van der Waals surface area contributed by atoms with Gasteiger partial charge in [0.05, 0.1) is 28.9 Å². The van der Waals surface area contributed by atoms with E-state index in [1.165, 1.54) is 4.68 Å². The van der Waals surface area contributed by atoms with E-state index in [1.54, 1.807) is 42.5 Å². The molecule has 0 radical (unpaired) electrons. The Labute approximate surface area is 186 Å². The smallest absolute Gasteiger partial charge is 0.278 e. The van der Waals surface area contributed by atoms with Crippen molar-refractivity contribution in [1.29, 1.82) is 5.26 Å². The van der Waals surface area contributed by atoms with Crippen LogP contribution in [0.15, 0.2) is 72.8 Å². The van der Waals surface area contributed by atoms with E-state index in [2.05, 4.69) is 10.4 Å². The molecule has 1 amide bonds. The number of nitrogens with zero attached hydrogens (tertiary/aromatic N) is 3. The summed E-state index contributed by atoms with van der Waals surface area (Å²) in [7, 11) is 0. The number of fused-ring (bicyclic) bond motifs is 1. The van der Waals surface area contributed by atoms with Crippen molar-refractivity contribution in [3.05, 3.63) is 101 Å². The lowest BCUT2D eigenvalue weighted by molar-refractivity contribution is 0.0933. The number of hydrogen-bond donors (Lipinski definition) is 1. The van der Waals surface area contributed by atoms with Gasteiger partial charge in [-0.05, 0) is 61.4 Å². The number of amides is 1. The van der Waals surface area contributed by atoms with Crippen LogP contribution in [0.5, 0.6) is 0 Å². The van der Waals surface area contributed by atoms with Gasteiger partial charge < -0.3 is 5.32 Å². The number of carbonyl (C=O) groups is 2. The number of aromatic nitrogens is 2. The molecule has 0 aliphatic carbocycles. The van der Waals surface area contributed by atoms with E-state index < -0.39 is 0 Å². The number of nitrogens with one attached hydrogen (secondary N) is 1. The number of aryl methyl sites for hydroxylation is 1. The Bertz CT molecular complexity index is 1330. The third kappa shape index (κ3) is 4.01. The minimum absolute atomic E-state index is 0.0822. The Hall–Kier alpha value is -4.24. The van der Waals surface area contributed by atoms with E-state index in [9.17, 15) is 9.59 Å². The topological polar surface area (TPSA) is 87.8 Å². The summed E-state index contributed by atoms with van der Waals surface area (Å²) >= 11 is 0. The highest BCUT2D eigenvalue weighted by Gasteiger charge is 2.19. The lowest BCUT2D eigenvalue weighted by atomic mass is 10.0. The molecule has 0 fully saturated rings. The summed E-state index contributed by atoms with van der Waals surface area (Å²) in [6, 6.07) is 23.5. The van der Waals surface area contributed by atoms with Crippen LogP contribution in [0.25, 0.3) is 10.9 Å². The van der Waals surface area contributed by atoms with Crippen molar-refractivity contribution in [2.24, 2.45) is 0 Å². The third-order valence-corrected chi connectivity index (χ3v) is 5.50. The standard InChI is InChI=1S/C26H22N4O2/c1-3-23(19-7-5-4-6-8-19)28-25(31)21-13-14-24-22(15-21)17(2)29-30(24)26(32)20-11-9-18(16-27)10-12-20/h4-15,23H,3H2,1-2H3,(H,28,31). The Balaban J connectivity index is 1.62. The monoisotopic (exact) mass is 422 g/mol. The van der Waals surface area contributed by atoms with Crippen LogP contribution in [-0.2, 0) is 0 Å². The van der Waals surface area contributed by atoms with Crippen LogP contribution in [0.4, 0.5) is 0 Å². The zero-order valence-electron chi connectivity index (χ0n) is 17.9. The Morgan fingerprint density at radius 3 is 2.38 bits per heavy atom. The molecular formula is C26H22N4O2. The first-order valence-electron chi connectivity index (χ1n) is 10.4. The SMILES string of the molecule is CCC(NC(=O)c1ccc2c(c1)c(C)nn2C(=O)c1ccc(C#N)cc1)c1ccccc1. The molecule has 0 saturated carbocycles. The molecule has 1 aromatic heterocycles. The van der Waals surface area contributed by atoms with Crippen molar-refractivity contribution in [2.45, 2.75) is 26.3 Å². The summed E-state index contributed by atoms with van der Waals surface area (Å²) < 4.78 is 1.34. The molecule has 0 aliphatic heterocycles. The second-order valence-corrected chi connectivity index (χ2v) is 7.57. The second-order valence-electron chi connectivity index (χ2n) is 7.57. The van der Waals surface area contributed by atoms with Crippen LogP contribution in [0.1, 0.15) is 56.9 Å². The van der Waals surface area contributed by atoms with E-state index in [1.807, 2.05) is 50.2 Å². The van der Waals surface area contributed by atoms with Gasteiger partial charge in [0, 0.05) is 16.5 Å². The van der Waals surface area contributed by atoms with Gasteiger partial charge in [-0.3, -0.25) is 9.59 Å². The molecule has 0 saturated heterocycles. The molecule has 4 aromatic rings. The lowest BCUT2D eigenvalue weighted by Crippen LogP contribution is -2.28. The summed E-state index contributed by atoms with van der Waals surface area (Å²) in [6.07, 6.45) is 0.772. The van der Waals surface area contributed by atoms with Crippen LogP contribution < -0.4 is 5.32 Å². The van der Waals surface area contributed by atoms with Crippen LogP contribution in [0.3, 0.4) is 0 Å². The molecule has 0 spiro atoms. The zero-order valence-corrected chi connectivity index (χ0v) is 17.9. The normalized spacial score (nSPS) is 11.7. The number of benzene rings is 3. The average molecular weight is 422 g/mol. The molecule has 32 heavy (non-hydrogen) atoms. The van der Waals surface area contributed by atoms with Crippen molar-refractivity contribution in [3.8, 4) is 6.07 Å². The van der Waals surface area contributed by atoms with Gasteiger partial charge in [0.1, 0.15) is 0 Å². The van der Waals surface area contributed by atoms with E-state index in [0.717, 1.165) is 17.4 Å². The molecule has 1 heterocycles. The van der Waals surface area contributed by atoms with Gasteiger partial charge in [-0.1, -0.05) is 37.3 Å². The number of rotatable bonds is 5. The van der Waals surface area contributed by atoms with Crippen molar-refractivity contribution < 1.29 is 9.59 Å². The van der Waals surface area contributed by atoms with Gasteiger partial charge in [-0.15, -0.1) is 0 Å². The lowest BCUT2D eigenvalue weighted by Gasteiger charge is -2.17. The number of hydrogen-bond acceptors (Lipinski definition) is 4. The molecule has 158 valence electrons. The molecule has 0 aliphatic rings. The van der Waals surface area contributed by atoms with E-state index in [0.29, 0.717) is 27.9 Å². The molecule has 1 N–H and O–H groups in total. The fourth-order valence-electron chi connectivity index (χ4n) is 3.72. The zero-order chi connectivity index (χ0) is 22.7. The van der Waals surface area contributed by atoms with Crippen LogP contribution in [0, 0.1) is 18.3 Å². The van der Waals surface area contributed by atoms with Crippen LogP contribution >= 0.6 is 0 Å². The second kappa shape index (κ2) is 8.86. The number of nitriles is 1. The molecule has 4 rings (SSSR count). The molecule has 0 bridgehead atoms. The Kier molecular flexibility index (Phi) is 5.82. The van der Waals surface area contributed by atoms with Crippen molar-refractivity contribution in [2.75, 3.05) is 0 Å². The maximum atomic E-state index is 13.0. The summed E-state index contributed by atoms with van der Waals surface area (Å²) in [5, 5.41) is 17.2. The van der Waals surface area contributed by atoms with Crippen molar-refractivity contribution in [3.63, 3.8) is 0 Å². The molecule has 1 unspecified atom stereocenters.